The van der Waals surface area contributed by atoms with Gasteiger partial charge in [-0.3, -0.25) is 10.1 Å². The second kappa shape index (κ2) is 8.28. The molecule has 1 N–H and O–H groups in total. The number of aromatic nitrogens is 2. The van der Waals surface area contributed by atoms with Gasteiger partial charge in [0.15, 0.2) is 0 Å². The van der Waals surface area contributed by atoms with Crippen molar-refractivity contribution < 1.29 is 19.2 Å². The standard InChI is InChI=1S/C18H18N4O5/c1-26-9-7-19-15-6-5-13(10-16(15)22(24)25)18(23)27-12-14-11-21-8-3-2-4-17(21)20-14/h2-6,8,10-11,19H,7,9,12H2,1H3. The number of anilines is 1. The van der Waals surface area contributed by atoms with Gasteiger partial charge in [0.2, 0.25) is 0 Å². The number of fused-ring (bicyclic) bond motifs is 1. The Morgan fingerprint density at radius 1 is 1.33 bits per heavy atom. The Morgan fingerprint density at radius 3 is 2.93 bits per heavy atom. The Kier molecular flexibility index (Phi) is 5.62. The van der Waals surface area contributed by atoms with Crippen LogP contribution < -0.4 is 5.32 Å². The van der Waals surface area contributed by atoms with E-state index >= 15 is 0 Å². The molecule has 0 saturated heterocycles. The molecule has 0 atom stereocenters. The highest BCUT2D eigenvalue weighted by molar-refractivity contribution is 5.91. The van der Waals surface area contributed by atoms with Crippen LogP contribution in [0.1, 0.15) is 16.1 Å². The van der Waals surface area contributed by atoms with Gasteiger partial charge in [-0.1, -0.05) is 6.07 Å². The van der Waals surface area contributed by atoms with E-state index in [2.05, 4.69) is 10.3 Å². The van der Waals surface area contributed by atoms with Crippen molar-refractivity contribution in [2.75, 3.05) is 25.6 Å². The summed E-state index contributed by atoms with van der Waals surface area (Å²) in [7, 11) is 1.54. The lowest BCUT2D eigenvalue weighted by molar-refractivity contribution is -0.384. The van der Waals surface area contributed by atoms with E-state index in [9.17, 15) is 14.9 Å². The second-order valence-corrected chi connectivity index (χ2v) is 5.68. The van der Waals surface area contributed by atoms with Crippen molar-refractivity contribution in [3.8, 4) is 0 Å². The van der Waals surface area contributed by atoms with E-state index in [1.807, 2.05) is 28.8 Å². The number of benzene rings is 1. The van der Waals surface area contributed by atoms with Gasteiger partial charge in [0.1, 0.15) is 17.9 Å². The zero-order valence-corrected chi connectivity index (χ0v) is 14.6. The fraction of sp³-hybridized carbons (Fsp3) is 0.222. The van der Waals surface area contributed by atoms with E-state index in [1.54, 1.807) is 6.20 Å². The molecule has 0 aliphatic heterocycles. The summed E-state index contributed by atoms with van der Waals surface area (Å²) in [5, 5.41) is 14.2. The summed E-state index contributed by atoms with van der Waals surface area (Å²) in [6.07, 6.45) is 3.60. The number of hydrogen-bond acceptors (Lipinski definition) is 7. The van der Waals surface area contributed by atoms with E-state index in [1.165, 1.54) is 25.3 Å². The molecule has 9 nitrogen and oxygen atoms in total. The first kappa shape index (κ1) is 18.3. The monoisotopic (exact) mass is 370 g/mol. The molecule has 1 aromatic carbocycles. The highest BCUT2D eigenvalue weighted by Gasteiger charge is 2.18. The number of rotatable bonds is 8. The lowest BCUT2D eigenvalue weighted by Gasteiger charge is -2.08. The van der Waals surface area contributed by atoms with Gasteiger partial charge in [0.05, 0.1) is 22.8 Å². The van der Waals surface area contributed by atoms with E-state index in [-0.39, 0.29) is 17.9 Å². The third-order valence-electron chi connectivity index (χ3n) is 3.82. The summed E-state index contributed by atoms with van der Waals surface area (Å²) in [6.45, 7) is 0.789. The Labute approximate surface area is 154 Å². The average Bonchev–Trinajstić information content (AvgIpc) is 3.09. The van der Waals surface area contributed by atoms with E-state index in [4.69, 9.17) is 9.47 Å². The highest BCUT2D eigenvalue weighted by Crippen LogP contribution is 2.26. The maximum absolute atomic E-state index is 12.3. The molecule has 0 saturated carbocycles. The Hall–Kier alpha value is -3.46. The molecule has 0 bridgehead atoms. The van der Waals surface area contributed by atoms with E-state index in [0.717, 1.165) is 5.65 Å². The number of nitrogens with one attached hydrogen (secondary N) is 1. The molecule has 27 heavy (non-hydrogen) atoms. The van der Waals surface area contributed by atoms with Gasteiger partial charge in [-0.15, -0.1) is 0 Å². The molecule has 0 aliphatic rings. The van der Waals surface area contributed by atoms with Crippen molar-refractivity contribution in [1.82, 2.24) is 9.38 Å². The summed E-state index contributed by atoms with van der Waals surface area (Å²) >= 11 is 0. The zero-order chi connectivity index (χ0) is 19.2. The van der Waals surface area contributed by atoms with Gasteiger partial charge in [0, 0.05) is 32.1 Å². The van der Waals surface area contributed by atoms with Crippen molar-refractivity contribution in [1.29, 1.82) is 0 Å². The lowest BCUT2D eigenvalue weighted by atomic mass is 10.1. The summed E-state index contributed by atoms with van der Waals surface area (Å²) in [5.74, 6) is -0.654. The van der Waals surface area contributed by atoms with Crippen LogP contribution in [0.15, 0.2) is 48.8 Å². The molecular formula is C18H18N4O5. The SMILES string of the molecule is COCCNc1ccc(C(=O)OCc2cn3ccccc3n2)cc1[N+](=O)[O-]. The van der Waals surface area contributed by atoms with Crippen LogP contribution in [0.25, 0.3) is 5.65 Å². The van der Waals surface area contributed by atoms with Crippen molar-refractivity contribution >= 4 is 23.0 Å². The first-order valence-corrected chi connectivity index (χ1v) is 8.19. The molecule has 2 heterocycles. The molecule has 3 rings (SSSR count). The van der Waals surface area contributed by atoms with Gasteiger partial charge in [-0.05, 0) is 24.3 Å². The van der Waals surface area contributed by atoms with Crippen LogP contribution in [-0.4, -0.2) is 40.5 Å². The molecule has 0 unspecified atom stereocenters. The van der Waals surface area contributed by atoms with Crippen LogP contribution in [-0.2, 0) is 16.1 Å². The minimum atomic E-state index is -0.654. The number of pyridine rings is 1. The molecule has 0 aliphatic carbocycles. The minimum absolute atomic E-state index is 0.0256. The molecule has 0 fully saturated rings. The largest absolute Gasteiger partial charge is 0.456 e. The van der Waals surface area contributed by atoms with Gasteiger partial charge >= 0.3 is 5.97 Å². The first-order valence-electron chi connectivity index (χ1n) is 8.19. The van der Waals surface area contributed by atoms with Crippen molar-refractivity contribution in [2.45, 2.75) is 6.61 Å². The smallest absolute Gasteiger partial charge is 0.338 e. The molecule has 9 heteroatoms. The highest BCUT2D eigenvalue weighted by atomic mass is 16.6. The molecule has 0 spiro atoms. The topological polar surface area (TPSA) is 108 Å². The van der Waals surface area contributed by atoms with Crippen molar-refractivity contribution in [3.63, 3.8) is 0 Å². The third-order valence-corrected chi connectivity index (χ3v) is 3.82. The molecule has 0 amide bonds. The summed E-state index contributed by atoms with van der Waals surface area (Å²) in [4.78, 5) is 27.3. The maximum Gasteiger partial charge on any atom is 0.338 e. The first-order chi connectivity index (χ1) is 13.1. The Balaban J connectivity index is 1.69. The van der Waals surface area contributed by atoms with Crippen molar-refractivity contribution in [2.24, 2.45) is 0 Å². The molecule has 2 aromatic heterocycles. The number of imidazole rings is 1. The van der Waals surface area contributed by atoms with Crippen LogP contribution in [0.5, 0.6) is 0 Å². The van der Waals surface area contributed by atoms with E-state index in [0.29, 0.717) is 24.5 Å². The van der Waals surface area contributed by atoms with Crippen molar-refractivity contribution in [3.05, 3.63) is 70.2 Å². The summed E-state index contributed by atoms with van der Waals surface area (Å²) in [5.41, 5.74) is 1.54. The normalized spacial score (nSPS) is 10.7. The molecule has 0 radical (unpaired) electrons. The predicted octanol–water partition coefficient (Wildman–Crippen LogP) is 2.66. The van der Waals surface area contributed by atoms with Gasteiger partial charge in [0.25, 0.3) is 5.69 Å². The number of esters is 1. The predicted molar refractivity (Wildman–Crippen MR) is 97.8 cm³/mol. The average molecular weight is 370 g/mol. The number of carbonyl (C=O) groups excluding carboxylic acids is 1. The number of ether oxygens (including phenoxy) is 2. The number of carbonyl (C=O) groups is 1. The fourth-order valence-electron chi connectivity index (χ4n) is 2.53. The Bertz CT molecular complexity index is 936. The number of nitrogens with zero attached hydrogens (tertiary/aromatic N) is 3. The lowest BCUT2D eigenvalue weighted by Crippen LogP contribution is -2.11. The quantitative estimate of drug-likeness (QED) is 0.281. The van der Waals surface area contributed by atoms with Gasteiger partial charge in [-0.2, -0.15) is 0 Å². The summed E-state index contributed by atoms with van der Waals surface area (Å²) in [6, 6.07) is 9.72. The fourth-order valence-corrected chi connectivity index (χ4v) is 2.53. The molecule has 140 valence electrons. The van der Waals surface area contributed by atoms with Crippen LogP contribution in [0, 0.1) is 10.1 Å². The third kappa shape index (κ3) is 4.39. The van der Waals surface area contributed by atoms with Crippen LogP contribution in [0.3, 0.4) is 0 Å². The molecular weight excluding hydrogens is 352 g/mol. The molecule has 3 aromatic rings. The second-order valence-electron chi connectivity index (χ2n) is 5.68. The van der Waals surface area contributed by atoms with Crippen LogP contribution in [0.4, 0.5) is 11.4 Å². The zero-order valence-electron chi connectivity index (χ0n) is 14.6. The maximum atomic E-state index is 12.3. The summed E-state index contributed by atoms with van der Waals surface area (Å²) < 4.78 is 12.0. The van der Waals surface area contributed by atoms with E-state index < -0.39 is 10.9 Å². The number of methoxy groups -OCH3 is 1. The van der Waals surface area contributed by atoms with Crippen LogP contribution >= 0.6 is 0 Å². The van der Waals surface area contributed by atoms with Crippen LogP contribution in [0.2, 0.25) is 0 Å². The number of hydrogen-bond donors (Lipinski definition) is 1. The van der Waals surface area contributed by atoms with Gasteiger partial charge in [-0.25, -0.2) is 9.78 Å². The number of nitro benzene ring substituents is 1. The minimum Gasteiger partial charge on any atom is -0.456 e. The Morgan fingerprint density at radius 2 is 2.19 bits per heavy atom. The van der Waals surface area contributed by atoms with Gasteiger partial charge < -0.3 is 19.2 Å². The number of nitro groups is 1.